The van der Waals surface area contributed by atoms with E-state index in [1.54, 1.807) is 0 Å². The molecule has 0 amide bonds. The number of carbonyl (C=O) groups excluding carboxylic acids is 2. The molecule has 4 rings (SSSR count). The Morgan fingerprint density at radius 3 is 2.78 bits per heavy atom. The molecule has 2 N–H and O–H groups in total. The summed E-state index contributed by atoms with van der Waals surface area (Å²) in [5.74, 6) is 2.67. The summed E-state index contributed by atoms with van der Waals surface area (Å²) in [6.45, 7) is 2.03. The van der Waals surface area contributed by atoms with E-state index in [0.717, 1.165) is 25.9 Å². The van der Waals surface area contributed by atoms with E-state index in [2.05, 4.69) is 10.6 Å². The second-order valence-corrected chi connectivity index (χ2v) is 6.47. The Bertz CT molecular complexity index is 409. The van der Waals surface area contributed by atoms with Crippen LogP contribution in [0.4, 0.5) is 0 Å². The highest BCUT2D eigenvalue weighted by atomic mass is 16.1. The van der Waals surface area contributed by atoms with Crippen molar-refractivity contribution in [2.75, 3.05) is 13.1 Å². The third-order valence-electron chi connectivity index (χ3n) is 5.67. The number of Topliss-reactive ketones (excluding diaryl/α,β-unsaturated/α-hetero) is 2. The van der Waals surface area contributed by atoms with Crippen molar-refractivity contribution in [2.24, 2.45) is 23.7 Å². The van der Waals surface area contributed by atoms with Gasteiger partial charge in [-0.15, -0.1) is 0 Å². The number of nitrogens with one attached hydrogen (secondary N) is 2. The summed E-state index contributed by atoms with van der Waals surface area (Å²) in [7, 11) is 0. The smallest absolute Gasteiger partial charge is 0.150 e. The molecule has 4 aliphatic rings. The molecule has 2 aliphatic carbocycles. The zero-order valence-corrected chi connectivity index (χ0v) is 10.5. The maximum atomic E-state index is 12.3. The van der Waals surface area contributed by atoms with Crippen LogP contribution in [-0.2, 0) is 9.59 Å². The number of carbonyl (C=O) groups is 2. The minimum absolute atomic E-state index is 0.0166. The first-order valence-electron chi connectivity index (χ1n) is 7.28. The van der Waals surface area contributed by atoms with Gasteiger partial charge in [0.25, 0.3) is 0 Å². The second-order valence-electron chi connectivity index (χ2n) is 6.47. The molecular weight excluding hydrogens is 228 g/mol. The van der Waals surface area contributed by atoms with Crippen LogP contribution < -0.4 is 10.6 Å². The quantitative estimate of drug-likeness (QED) is 0.639. The van der Waals surface area contributed by atoms with Gasteiger partial charge in [-0.3, -0.25) is 14.9 Å². The lowest BCUT2D eigenvalue weighted by Gasteiger charge is -2.37. The maximum absolute atomic E-state index is 12.3. The van der Waals surface area contributed by atoms with Crippen molar-refractivity contribution in [1.82, 2.24) is 10.6 Å². The number of hydrogen-bond acceptors (Lipinski definition) is 4. The molecule has 2 saturated carbocycles. The van der Waals surface area contributed by atoms with Crippen molar-refractivity contribution in [1.29, 1.82) is 0 Å². The van der Waals surface area contributed by atoms with Crippen molar-refractivity contribution in [3.63, 3.8) is 0 Å². The highest BCUT2D eigenvalue weighted by molar-refractivity contribution is 5.91. The van der Waals surface area contributed by atoms with Crippen molar-refractivity contribution in [3.8, 4) is 0 Å². The van der Waals surface area contributed by atoms with E-state index in [0.29, 0.717) is 48.1 Å². The fourth-order valence-electron chi connectivity index (χ4n) is 4.94. The van der Waals surface area contributed by atoms with Crippen LogP contribution in [0.5, 0.6) is 0 Å². The highest BCUT2D eigenvalue weighted by Crippen LogP contribution is 2.47. The molecule has 0 radical (unpaired) electrons. The largest absolute Gasteiger partial charge is 0.316 e. The van der Waals surface area contributed by atoms with Gasteiger partial charge in [0, 0.05) is 12.8 Å². The minimum atomic E-state index is -0.0248. The molecule has 0 aromatic heterocycles. The van der Waals surface area contributed by atoms with Crippen LogP contribution in [0.25, 0.3) is 0 Å². The van der Waals surface area contributed by atoms with Crippen LogP contribution in [0, 0.1) is 23.7 Å². The Morgan fingerprint density at radius 2 is 1.89 bits per heavy atom. The van der Waals surface area contributed by atoms with Crippen molar-refractivity contribution in [2.45, 2.75) is 37.8 Å². The van der Waals surface area contributed by atoms with Gasteiger partial charge in [-0.2, -0.15) is 0 Å². The Kier molecular flexibility index (Phi) is 2.39. The lowest BCUT2D eigenvalue weighted by Crippen LogP contribution is -2.47. The van der Waals surface area contributed by atoms with E-state index in [1.165, 1.54) is 0 Å². The van der Waals surface area contributed by atoms with Crippen LogP contribution in [-0.4, -0.2) is 36.7 Å². The van der Waals surface area contributed by atoms with Crippen LogP contribution in [0.3, 0.4) is 0 Å². The van der Waals surface area contributed by atoms with E-state index < -0.39 is 0 Å². The molecule has 98 valence electrons. The van der Waals surface area contributed by atoms with Crippen LogP contribution in [0.2, 0.25) is 0 Å². The summed E-state index contributed by atoms with van der Waals surface area (Å²) in [5, 5.41) is 6.82. The molecule has 0 spiro atoms. The first-order chi connectivity index (χ1) is 8.75. The van der Waals surface area contributed by atoms with Gasteiger partial charge in [0.1, 0.15) is 11.6 Å². The molecule has 0 bridgehead atoms. The van der Waals surface area contributed by atoms with Gasteiger partial charge in [0.15, 0.2) is 0 Å². The predicted octanol–water partition coefficient (Wildman–Crippen LogP) is 0.121. The first kappa shape index (κ1) is 11.1. The van der Waals surface area contributed by atoms with Gasteiger partial charge in [0.05, 0.1) is 12.1 Å². The molecule has 2 heterocycles. The predicted molar refractivity (Wildman–Crippen MR) is 66.0 cm³/mol. The van der Waals surface area contributed by atoms with Crippen molar-refractivity contribution in [3.05, 3.63) is 0 Å². The number of ketones is 2. The monoisotopic (exact) mass is 248 g/mol. The van der Waals surface area contributed by atoms with Gasteiger partial charge >= 0.3 is 0 Å². The number of fused-ring (bicyclic) bond motifs is 5. The Morgan fingerprint density at radius 1 is 1.00 bits per heavy atom. The zero-order valence-electron chi connectivity index (χ0n) is 10.5. The van der Waals surface area contributed by atoms with Gasteiger partial charge in [-0.25, -0.2) is 0 Å². The SMILES string of the molecule is O=C1CCCC2C1NC1C(=O)CC3CNCC3C12. The number of rotatable bonds is 0. The molecule has 0 aromatic carbocycles. The molecule has 0 aromatic rings. The summed E-state index contributed by atoms with van der Waals surface area (Å²) >= 11 is 0. The van der Waals surface area contributed by atoms with E-state index in [1.807, 2.05) is 0 Å². The van der Waals surface area contributed by atoms with Gasteiger partial charge in [0.2, 0.25) is 0 Å². The average molecular weight is 248 g/mol. The third-order valence-corrected chi connectivity index (χ3v) is 5.67. The maximum Gasteiger partial charge on any atom is 0.150 e. The van der Waals surface area contributed by atoms with E-state index >= 15 is 0 Å². The third kappa shape index (κ3) is 1.39. The second kappa shape index (κ2) is 3.87. The van der Waals surface area contributed by atoms with Gasteiger partial charge in [-0.1, -0.05) is 0 Å². The fraction of sp³-hybridized carbons (Fsp3) is 0.857. The van der Waals surface area contributed by atoms with Crippen molar-refractivity contribution >= 4 is 11.6 Å². The van der Waals surface area contributed by atoms with Crippen LogP contribution >= 0.6 is 0 Å². The summed E-state index contributed by atoms with van der Waals surface area (Å²) in [5.41, 5.74) is 0. The van der Waals surface area contributed by atoms with Crippen molar-refractivity contribution < 1.29 is 9.59 Å². The Hall–Kier alpha value is -0.740. The summed E-state index contributed by atoms with van der Waals surface area (Å²) < 4.78 is 0. The van der Waals surface area contributed by atoms with Gasteiger partial charge in [-0.05, 0) is 49.6 Å². The molecular formula is C14H20N2O2. The number of hydrogen-bond donors (Lipinski definition) is 2. The normalized spacial score (nSPS) is 50.9. The Labute approximate surface area is 107 Å². The van der Waals surface area contributed by atoms with E-state index in [-0.39, 0.29) is 12.1 Å². The summed E-state index contributed by atoms with van der Waals surface area (Å²) in [6.07, 6.45) is 3.55. The first-order valence-corrected chi connectivity index (χ1v) is 7.28. The lowest BCUT2D eigenvalue weighted by atomic mass is 9.64. The summed E-state index contributed by atoms with van der Waals surface area (Å²) in [6, 6.07) is -0.0414. The zero-order chi connectivity index (χ0) is 12.3. The highest BCUT2D eigenvalue weighted by Gasteiger charge is 2.56. The minimum Gasteiger partial charge on any atom is -0.316 e. The topological polar surface area (TPSA) is 58.2 Å². The molecule has 6 unspecified atom stereocenters. The van der Waals surface area contributed by atoms with E-state index in [9.17, 15) is 9.59 Å². The lowest BCUT2D eigenvalue weighted by molar-refractivity contribution is -0.126. The molecule has 4 nitrogen and oxygen atoms in total. The summed E-state index contributed by atoms with van der Waals surface area (Å²) in [4.78, 5) is 24.3. The fourth-order valence-corrected chi connectivity index (χ4v) is 4.94. The molecule has 18 heavy (non-hydrogen) atoms. The molecule has 2 aliphatic heterocycles. The average Bonchev–Trinajstić information content (AvgIpc) is 2.93. The molecule has 4 fully saturated rings. The molecule has 2 saturated heterocycles. The molecule has 4 heteroatoms. The van der Waals surface area contributed by atoms with E-state index in [4.69, 9.17) is 0 Å². The molecule has 6 atom stereocenters. The van der Waals surface area contributed by atoms with Gasteiger partial charge < -0.3 is 5.32 Å². The Balaban J connectivity index is 1.69. The van der Waals surface area contributed by atoms with Crippen LogP contribution in [0.1, 0.15) is 25.7 Å². The standard InChI is InChI=1S/C14H20N2O2/c17-10-3-1-2-8-12-9-6-15-5-7(9)4-11(18)14(12)16-13(8)10/h7-9,12-16H,1-6H2. The van der Waals surface area contributed by atoms with Crippen LogP contribution in [0.15, 0.2) is 0 Å².